The Morgan fingerprint density at radius 1 is 0.549 bits per heavy atom. The van der Waals surface area contributed by atoms with Gasteiger partial charge in [0.1, 0.15) is 0 Å². The van der Waals surface area contributed by atoms with Crippen molar-refractivity contribution >= 4 is 11.9 Å². The number of carbonyl (C=O) groups is 2. The highest BCUT2D eigenvalue weighted by Gasteiger charge is 2.40. The molecule has 0 amide bonds. The zero-order valence-electron chi connectivity index (χ0n) is 34.4. The average molecular weight is 789 g/mol. The number of esters is 2. The van der Waals surface area contributed by atoms with Crippen LogP contribution in [0.4, 0.5) is 0 Å². The van der Waals surface area contributed by atoms with Gasteiger partial charge in [-0.15, -0.1) is 0 Å². The first kappa shape index (κ1) is 50.3. The van der Waals surface area contributed by atoms with Crippen molar-refractivity contribution in [3.8, 4) is 0 Å². The smallest absolute Gasteiger partial charge is 0.310 e. The zero-order chi connectivity index (χ0) is 36.5. The maximum Gasteiger partial charge on any atom is 0.310 e. The minimum absolute atomic E-state index is 0. The summed E-state index contributed by atoms with van der Waals surface area (Å²) >= 11 is 0. The van der Waals surface area contributed by atoms with Gasteiger partial charge in [-0.1, -0.05) is 168 Å². The summed E-state index contributed by atoms with van der Waals surface area (Å²) < 4.78 is 12.7. The Hall–Kier alpha value is -0.700. The second kappa shape index (κ2) is 35.0. The van der Waals surface area contributed by atoms with Gasteiger partial charge in [0.25, 0.3) is 0 Å². The van der Waals surface area contributed by atoms with Crippen molar-refractivity contribution in [2.24, 2.45) is 5.73 Å². The van der Waals surface area contributed by atoms with Crippen LogP contribution in [-0.4, -0.2) is 73.0 Å². The zero-order valence-corrected chi connectivity index (χ0v) is 36.0. The molecule has 8 heteroatoms. The molecular formula is C43H86BrN3O4. The third-order valence-electron chi connectivity index (χ3n) is 11.3. The molecule has 0 aromatic rings. The monoisotopic (exact) mass is 788 g/mol. The lowest BCUT2D eigenvalue weighted by molar-refractivity contribution is -0.971. The van der Waals surface area contributed by atoms with Crippen LogP contribution in [0, 0.1) is 0 Å². The molecule has 0 spiro atoms. The van der Waals surface area contributed by atoms with E-state index in [9.17, 15) is 9.59 Å². The summed E-state index contributed by atoms with van der Waals surface area (Å²) in [6.07, 6.45) is 35.3. The molecule has 0 aromatic heterocycles. The molecule has 7 nitrogen and oxygen atoms in total. The van der Waals surface area contributed by atoms with Crippen LogP contribution in [0.25, 0.3) is 0 Å². The topological polar surface area (TPSA) is 81.9 Å². The van der Waals surface area contributed by atoms with Gasteiger partial charge in [0.05, 0.1) is 32.7 Å². The van der Waals surface area contributed by atoms with Crippen LogP contribution in [0.2, 0.25) is 0 Å². The fraction of sp³-hybridized carbons (Fsp3) is 0.953. The summed E-state index contributed by atoms with van der Waals surface area (Å²) in [5, 5.41) is 0. The lowest BCUT2D eigenvalue weighted by Crippen LogP contribution is -3.00. The predicted octanol–water partition coefficient (Wildman–Crippen LogP) is 8.21. The number of quaternary nitrogens is 1. The molecule has 0 bridgehead atoms. The number of ether oxygens (including phenoxy) is 2. The van der Waals surface area contributed by atoms with E-state index in [1.54, 1.807) is 0 Å². The van der Waals surface area contributed by atoms with Gasteiger partial charge >= 0.3 is 11.9 Å². The Morgan fingerprint density at radius 3 is 1.24 bits per heavy atom. The molecule has 2 unspecified atom stereocenters. The Labute approximate surface area is 327 Å². The average Bonchev–Trinajstić information content (AvgIpc) is 3.11. The van der Waals surface area contributed by atoms with Gasteiger partial charge < -0.3 is 32.2 Å². The van der Waals surface area contributed by atoms with Crippen LogP contribution in [0.5, 0.6) is 0 Å². The Bertz CT molecular complexity index is 793. The fourth-order valence-electron chi connectivity index (χ4n) is 7.68. The molecule has 1 aliphatic rings. The number of hydrogen-bond acceptors (Lipinski definition) is 6. The van der Waals surface area contributed by atoms with E-state index >= 15 is 0 Å². The Balaban J connectivity index is 0.0000250. The third-order valence-corrected chi connectivity index (χ3v) is 11.3. The second-order valence-corrected chi connectivity index (χ2v) is 15.7. The van der Waals surface area contributed by atoms with E-state index in [-0.39, 0.29) is 41.4 Å². The van der Waals surface area contributed by atoms with E-state index in [1.807, 2.05) is 6.92 Å². The number of piperazine rings is 1. The number of halogens is 1. The van der Waals surface area contributed by atoms with E-state index < -0.39 is 0 Å². The second-order valence-electron chi connectivity index (χ2n) is 15.7. The molecular weight excluding hydrogens is 702 g/mol. The standard InChI is InChI=1S/C43H86N3O4.BrH/c1-5-7-9-11-13-15-17-19-21-23-25-27-29-32-42(47)49-40(3)45-35-38-46(39-36-45,37-31-34-44)41(4)50-43(48)33-30-28-26-24-22-20-18-16-14-12-10-8-6-2;/h40-41H,5-39,44H2,1-4H3;1H/q+1;/p-1. The number of carbonyl (C=O) groups excluding carboxylic acids is 2. The maximum atomic E-state index is 12.8. The van der Waals surface area contributed by atoms with Gasteiger partial charge in [-0.3, -0.25) is 19.0 Å². The Morgan fingerprint density at radius 2 is 0.882 bits per heavy atom. The van der Waals surface area contributed by atoms with Gasteiger partial charge in [-0.25, -0.2) is 0 Å². The van der Waals surface area contributed by atoms with Crippen molar-refractivity contribution in [3.05, 3.63) is 0 Å². The van der Waals surface area contributed by atoms with Crippen molar-refractivity contribution in [3.63, 3.8) is 0 Å². The van der Waals surface area contributed by atoms with Gasteiger partial charge in [0.2, 0.25) is 6.23 Å². The molecule has 0 saturated carbocycles. The molecule has 304 valence electrons. The SMILES string of the molecule is CCCCCCCCCCCCCCCC(=O)OC(C)N1CC[N+](CCCN)(C(C)OC(=O)CCCCCCCCCCCCCCC)CC1.[Br-]. The largest absolute Gasteiger partial charge is 1.00 e. The summed E-state index contributed by atoms with van der Waals surface area (Å²) in [6, 6.07) is 0. The fourth-order valence-corrected chi connectivity index (χ4v) is 7.68. The minimum Gasteiger partial charge on any atom is -1.00 e. The molecule has 51 heavy (non-hydrogen) atoms. The minimum atomic E-state index is -0.227. The lowest BCUT2D eigenvalue weighted by atomic mass is 10.0. The van der Waals surface area contributed by atoms with Crippen LogP contribution in [0.1, 0.15) is 214 Å². The van der Waals surface area contributed by atoms with Crippen molar-refractivity contribution in [1.82, 2.24) is 4.90 Å². The van der Waals surface area contributed by atoms with Crippen molar-refractivity contribution in [1.29, 1.82) is 0 Å². The first-order valence-corrected chi connectivity index (χ1v) is 22.1. The molecule has 2 atom stereocenters. The number of nitrogens with two attached hydrogens (primary N) is 1. The number of unbranched alkanes of at least 4 members (excludes halogenated alkanes) is 24. The van der Waals surface area contributed by atoms with E-state index in [1.165, 1.54) is 141 Å². The van der Waals surface area contributed by atoms with Crippen LogP contribution in [-0.2, 0) is 19.1 Å². The van der Waals surface area contributed by atoms with Crippen LogP contribution in [0.15, 0.2) is 0 Å². The predicted molar refractivity (Wildman–Crippen MR) is 212 cm³/mol. The molecule has 1 saturated heterocycles. The molecule has 0 aromatic carbocycles. The summed E-state index contributed by atoms with van der Waals surface area (Å²) in [6.45, 7) is 13.5. The van der Waals surface area contributed by atoms with Gasteiger partial charge in [0, 0.05) is 26.2 Å². The van der Waals surface area contributed by atoms with Gasteiger partial charge in [-0.05, 0) is 26.3 Å². The van der Waals surface area contributed by atoms with Gasteiger partial charge in [-0.2, -0.15) is 0 Å². The first-order chi connectivity index (χ1) is 24.4. The quantitative estimate of drug-likeness (QED) is 0.0397. The summed E-state index contributed by atoms with van der Waals surface area (Å²) in [7, 11) is 0. The molecule has 1 aliphatic heterocycles. The lowest BCUT2D eigenvalue weighted by Gasteiger charge is -2.48. The highest BCUT2D eigenvalue weighted by atomic mass is 79.9. The van der Waals surface area contributed by atoms with E-state index in [4.69, 9.17) is 15.2 Å². The highest BCUT2D eigenvalue weighted by molar-refractivity contribution is 5.69. The van der Waals surface area contributed by atoms with E-state index in [2.05, 4.69) is 25.7 Å². The Kier molecular flexibility index (Phi) is 34.5. The van der Waals surface area contributed by atoms with Crippen molar-refractivity contribution < 1.29 is 40.5 Å². The summed E-state index contributed by atoms with van der Waals surface area (Å²) in [5.41, 5.74) is 5.92. The number of nitrogens with zero attached hydrogens (tertiary/aromatic N) is 2. The molecule has 1 rings (SSSR count). The third kappa shape index (κ3) is 26.7. The first-order valence-electron chi connectivity index (χ1n) is 22.1. The summed E-state index contributed by atoms with van der Waals surface area (Å²) in [4.78, 5) is 27.7. The van der Waals surface area contributed by atoms with Crippen molar-refractivity contribution in [2.75, 3.05) is 39.3 Å². The molecule has 1 heterocycles. The van der Waals surface area contributed by atoms with Crippen LogP contribution < -0.4 is 22.7 Å². The van der Waals surface area contributed by atoms with E-state index in [0.717, 1.165) is 69.3 Å². The molecule has 1 fully saturated rings. The van der Waals surface area contributed by atoms with Crippen molar-refractivity contribution in [2.45, 2.75) is 226 Å². The number of rotatable bonds is 35. The summed E-state index contributed by atoms with van der Waals surface area (Å²) in [5.74, 6) is -0.144. The maximum absolute atomic E-state index is 12.8. The number of hydrogen-bond donors (Lipinski definition) is 1. The highest BCUT2D eigenvalue weighted by Crippen LogP contribution is 2.23. The van der Waals surface area contributed by atoms with Crippen LogP contribution >= 0.6 is 0 Å². The normalized spacial score (nSPS) is 15.6. The van der Waals surface area contributed by atoms with Crippen LogP contribution in [0.3, 0.4) is 0 Å². The molecule has 2 N–H and O–H groups in total. The molecule has 0 aliphatic carbocycles. The molecule has 0 radical (unpaired) electrons. The van der Waals surface area contributed by atoms with Gasteiger partial charge in [0.15, 0.2) is 6.23 Å². The van der Waals surface area contributed by atoms with E-state index in [0.29, 0.717) is 19.4 Å².